The summed E-state index contributed by atoms with van der Waals surface area (Å²) >= 11 is 0. The summed E-state index contributed by atoms with van der Waals surface area (Å²) < 4.78 is 0.525. The first-order chi connectivity index (χ1) is 14.0. The molecular weight excluding hydrogens is 386 g/mol. The van der Waals surface area contributed by atoms with Gasteiger partial charge in [-0.05, 0) is 18.9 Å². The Kier molecular flexibility index (Phi) is 14.0. The number of quaternary nitrogens is 1. The van der Waals surface area contributed by atoms with Crippen LogP contribution in [0.5, 0.6) is 0 Å². The zero-order valence-corrected chi connectivity index (χ0v) is 19.2. The molecule has 0 bridgehead atoms. The molecule has 3 N–H and O–H groups in total. The molecule has 3 atom stereocenters. The number of aliphatic carboxylic acids is 3. The van der Waals surface area contributed by atoms with Crippen LogP contribution in [0.2, 0.25) is 0 Å². The molecule has 0 aromatic rings. The highest BCUT2D eigenvalue weighted by molar-refractivity contribution is 5.70. The van der Waals surface area contributed by atoms with Crippen molar-refractivity contribution >= 4 is 17.9 Å². The normalized spacial score (nSPS) is 16.7. The Hall–Kier alpha value is -1.89. The molecule has 0 radical (unpaired) electrons. The Labute approximate surface area is 181 Å². The molecule has 7 heteroatoms. The number of unbranched alkanes of at least 4 members (excludes halogenated alkanes) is 3. The number of hydrogen-bond acceptors (Lipinski definition) is 3. The van der Waals surface area contributed by atoms with Crippen molar-refractivity contribution in [1.82, 2.24) is 0 Å². The molecule has 0 saturated carbocycles. The Morgan fingerprint density at radius 1 is 0.733 bits per heavy atom. The predicted octanol–water partition coefficient (Wildman–Crippen LogP) is 4.27. The van der Waals surface area contributed by atoms with E-state index >= 15 is 0 Å². The predicted molar refractivity (Wildman–Crippen MR) is 117 cm³/mol. The van der Waals surface area contributed by atoms with Crippen LogP contribution in [0.1, 0.15) is 72.6 Å². The van der Waals surface area contributed by atoms with Crippen molar-refractivity contribution in [2.24, 2.45) is 17.8 Å². The summed E-state index contributed by atoms with van der Waals surface area (Å²) in [5.41, 5.74) is 0. The van der Waals surface area contributed by atoms with E-state index < -0.39 is 35.7 Å². The second-order valence-corrected chi connectivity index (χ2v) is 8.75. The van der Waals surface area contributed by atoms with Crippen LogP contribution in [0.25, 0.3) is 0 Å². The molecule has 3 unspecified atom stereocenters. The molecule has 0 rings (SSSR count). The standard InChI is InChI=1S/C23H41NO6/c1-5-6-7-8-9-10-14-24(15-11-18(2)21(25)26,16-12-19(3)22(27)28)17-13-20(4)23(29)30/h9-10,18-20H,5-8,11-17H2,1-4H3,(H2-,25,26,27,28,29,30)/p+1/b10-9+. The summed E-state index contributed by atoms with van der Waals surface area (Å²) in [6, 6.07) is 0. The first kappa shape index (κ1) is 28.1. The highest BCUT2D eigenvalue weighted by Crippen LogP contribution is 2.20. The maximum Gasteiger partial charge on any atom is 0.306 e. The quantitative estimate of drug-likeness (QED) is 0.171. The number of hydrogen-bond donors (Lipinski definition) is 3. The van der Waals surface area contributed by atoms with Gasteiger partial charge in [-0.15, -0.1) is 0 Å². The lowest BCUT2D eigenvalue weighted by molar-refractivity contribution is -0.924. The minimum absolute atomic E-state index is 0.474. The Morgan fingerprint density at radius 2 is 1.13 bits per heavy atom. The topological polar surface area (TPSA) is 112 Å². The minimum Gasteiger partial charge on any atom is -0.481 e. The van der Waals surface area contributed by atoms with E-state index in [0.29, 0.717) is 49.9 Å². The molecule has 174 valence electrons. The lowest BCUT2D eigenvalue weighted by Gasteiger charge is -2.39. The van der Waals surface area contributed by atoms with E-state index in [9.17, 15) is 29.7 Å². The number of carboxylic acid groups (broad SMARTS) is 3. The Balaban J connectivity index is 5.44. The lowest BCUT2D eigenvalue weighted by atomic mass is 10.0. The molecule has 7 nitrogen and oxygen atoms in total. The largest absolute Gasteiger partial charge is 0.481 e. The van der Waals surface area contributed by atoms with Gasteiger partial charge >= 0.3 is 17.9 Å². The summed E-state index contributed by atoms with van der Waals surface area (Å²) in [6.07, 6.45) is 10.1. The maximum atomic E-state index is 11.3. The van der Waals surface area contributed by atoms with Crippen molar-refractivity contribution in [3.05, 3.63) is 12.2 Å². The van der Waals surface area contributed by atoms with E-state index in [0.717, 1.165) is 19.3 Å². The average molecular weight is 429 g/mol. The number of carbonyl (C=O) groups is 3. The van der Waals surface area contributed by atoms with Crippen LogP contribution in [0.3, 0.4) is 0 Å². The minimum atomic E-state index is -0.846. The van der Waals surface area contributed by atoms with Crippen molar-refractivity contribution < 1.29 is 34.2 Å². The first-order valence-corrected chi connectivity index (χ1v) is 11.2. The van der Waals surface area contributed by atoms with E-state index in [2.05, 4.69) is 19.1 Å². The smallest absolute Gasteiger partial charge is 0.306 e. The Bertz CT molecular complexity index is 500. The molecule has 0 saturated heterocycles. The van der Waals surface area contributed by atoms with E-state index in [1.165, 1.54) is 6.42 Å². The zero-order valence-electron chi connectivity index (χ0n) is 19.2. The van der Waals surface area contributed by atoms with Crippen LogP contribution in [-0.4, -0.2) is 63.9 Å². The highest BCUT2D eigenvalue weighted by atomic mass is 16.4. The molecule has 0 aromatic heterocycles. The van der Waals surface area contributed by atoms with Gasteiger partial charge < -0.3 is 19.8 Å². The Morgan fingerprint density at radius 3 is 1.47 bits per heavy atom. The number of nitrogens with zero attached hydrogens (tertiary/aromatic N) is 1. The molecule has 0 aliphatic heterocycles. The SMILES string of the molecule is CCCCC/C=C/C[N+](CCC(C)C(=O)O)(CCC(C)C(=O)O)CCC(C)C(=O)O. The van der Waals surface area contributed by atoms with E-state index in [-0.39, 0.29) is 0 Å². The van der Waals surface area contributed by atoms with Crippen LogP contribution >= 0.6 is 0 Å². The van der Waals surface area contributed by atoms with Crippen molar-refractivity contribution in [2.75, 3.05) is 26.2 Å². The third-order valence-corrected chi connectivity index (χ3v) is 6.01. The summed E-state index contributed by atoms with van der Waals surface area (Å²) in [5.74, 6) is -4.03. The summed E-state index contributed by atoms with van der Waals surface area (Å²) in [6.45, 7) is 9.62. The molecule has 0 aliphatic rings. The monoisotopic (exact) mass is 428 g/mol. The fraction of sp³-hybridized carbons (Fsp3) is 0.783. The van der Waals surface area contributed by atoms with Gasteiger partial charge in [-0.25, -0.2) is 0 Å². The second kappa shape index (κ2) is 15.0. The fourth-order valence-corrected chi connectivity index (χ4v) is 3.31. The molecule has 0 heterocycles. The van der Waals surface area contributed by atoms with Crippen molar-refractivity contribution in [1.29, 1.82) is 0 Å². The van der Waals surface area contributed by atoms with Crippen LogP contribution < -0.4 is 0 Å². The van der Waals surface area contributed by atoms with Crippen molar-refractivity contribution in [3.8, 4) is 0 Å². The van der Waals surface area contributed by atoms with Gasteiger partial charge in [0.05, 0.1) is 43.9 Å². The number of allylic oxidation sites excluding steroid dienone is 1. The van der Waals surface area contributed by atoms with Gasteiger partial charge in [0.1, 0.15) is 0 Å². The van der Waals surface area contributed by atoms with Gasteiger partial charge in [0, 0.05) is 19.3 Å². The molecular formula is C23H42NO6+. The molecule has 30 heavy (non-hydrogen) atoms. The maximum absolute atomic E-state index is 11.3. The molecule has 0 aromatic carbocycles. The van der Waals surface area contributed by atoms with Gasteiger partial charge in [-0.2, -0.15) is 0 Å². The molecule has 0 fully saturated rings. The number of rotatable bonds is 18. The zero-order chi connectivity index (χ0) is 23.2. The van der Waals surface area contributed by atoms with E-state index in [1.807, 2.05) is 0 Å². The molecule has 0 aliphatic carbocycles. The van der Waals surface area contributed by atoms with Gasteiger partial charge in [-0.3, -0.25) is 14.4 Å². The first-order valence-electron chi connectivity index (χ1n) is 11.2. The highest BCUT2D eigenvalue weighted by Gasteiger charge is 2.30. The third-order valence-electron chi connectivity index (χ3n) is 6.01. The van der Waals surface area contributed by atoms with Gasteiger partial charge in [0.2, 0.25) is 0 Å². The van der Waals surface area contributed by atoms with Gasteiger partial charge in [-0.1, -0.05) is 46.6 Å². The number of carboxylic acids is 3. The van der Waals surface area contributed by atoms with Crippen LogP contribution in [0.15, 0.2) is 12.2 Å². The van der Waals surface area contributed by atoms with Gasteiger partial charge in [0.25, 0.3) is 0 Å². The van der Waals surface area contributed by atoms with Crippen LogP contribution in [0.4, 0.5) is 0 Å². The lowest BCUT2D eigenvalue weighted by Crippen LogP contribution is -2.52. The van der Waals surface area contributed by atoms with Crippen LogP contribution in [-0.2, 0) is 14.4 Å². The average Bonchev–Trinajstić information content (AvgIpc) is 2.69. The summed E-state index contributed by atoms with van der Waals surface area (Å²) in [7, 11) is 0. The second-order valence-electron chi connectivity index (χ2n) is 8.75. The van der Waals surface area contributed by atoms with Crippen molar-refractivity contribution in [3.63, 3.8) is 0 Å². The van der Waals surface area contributed by atoms with Crippen LogP contribution in [0, 0.1) is 17.8 Å². The third kappa shape index (κ3) is 12.0. The summed E-state index contributed by atoms with van der Waals surface area (Å²) in [5, 5.41) is 27.8. The molecule has 0 spiro atoms. The summed E-state index contributed by atoms with van der Waals surface area (Å²) in [4.78, 5) is 33.9. The fourth-order valence-electron chi connectivity index (χ4n) is 3.31. The van der Waals surface area contributed by atoms with E-state index in [4.69, 9.17) is 0 Å². The van der Waals surface area contributed by atoms with Crippen molar-refractivity contribution in [2.45, 2.75) is 72.6 Å². The van der Waals surface area contributed by atoms with Gasteiger partial charge in [0.15, 0.2) is 0 Å². The molecule has 0 amide bonds. The van der Waals surface area contributed by atoms with E-state index in [1.54, 1.807) is 20.8 Å².